The highest BCUT2D eigenvalue weighted by molar-refractivity contribution is 6.31. The van der Waals surface area contributed by atoms with Crippen LogP contribution < -0.4 is 5.32 Å². The van der Waals surface area contributed by atoms with Crippen molar-refractivity contribution in [1.82, 2.24) is 19.9 Å². The van der Waals surface area contributed by atoms with Crippen LogP contribution >= 0.6 is 11.6 Å². The molecule has 0 aliphatic carbocycles. The molecule has 6 heteroatoms. The van der Waals surface area contributed by atoms with Crippen LogP contribution in [0.25, 0.3) is 22.3 Å². The minimum absolute atomic E-state index is 0.0965. The summed E-state index contributed by atoms with van der Waals surface area (Å²) in [4.78, 5) is 15.9. The normalized spacial score (nSPS) is 12.3. The fraction of sp³-hybridized carbons (Fsp3) is 0.174. The van der Waals surface area contributed by atoms with E-state index in [1.165, 1.54) is 0 Å². The van der Waals surface area contributed by atoms with E-state index in [4.69, 9.17) is 21.6 Å². The summed E-state index contributed by atoms with van der Waals surface area (Å²) in [6.45, 7) is 0.657. The first-order valence-corrected chi connectivity index (χ1v) is 9.83. The Kier molecular flexibility index (Phi) is 5.69. The fourth-order valence-corrected chi connectivity index (χ4v) is 3.61. The summed E-state index contributed by atoms with van der Waals surface area (Å²) in [7, 11) is 4.10. The molecule has 0 spiro atoms. The standard InChI is InChI=1S/C23H22ClN5/c1-29(2)21(17-9-3-5-11-19(17)24)15-26-23-18-10-4-6-12-20(18)27-22(28-23)16-8-7-13-25-14-16/h3-14,21H,15H2,1-2H3,(H,26,27,28)/t21-/m1/s1. The summed E-state index contributed by atoms with van der Waals surface area (Å²) in [5.74, 6) is 1.45. The predicted molar refractivity (Wildman–Crippen MR) is 119 cm³/mol. The first-order chi connectivity index (χ1) is 14.1. The van der Waals surface area contributed by atoms with Crippen LogP contribution in [-0.2, 0) is 0 Å². The molecule has 4 rings (SSSR count). The highest BCUT2D eigenvalue weighted by Gasteiger charge is 2.18. The van der Waals surface area contributed by atoms with Gasteiger partial charge in [0.05, 0.1) is 11.6 Å². The molecule has 4 aromatic rings. The summed E-state index contributed by atoms with van der Waals surface area (Å²) in [5, 5.41) is 5.28. The van der Waals surface area contributed by atoms with Gasteiger partial charge in [-0.15, -0.1) is 0 Å². The molecule has 2 aromatic carbocycles. The number of aromatic nitrogens is 3. The maximum absolute atomic E-state index is 6.46. The number of rotatable bonds is 6. The number of hydrogen-bond acceptors (Lipinski definition) is 5. The Bertz CT molecular complexity index is 1110. The van der Waals surface area contributed by atoms with Crippen molar-refractivity contribution < 1.29 is 0 Å². The average Bonchev–Trinajstić information content (AvgIpc) is 2.75. The number of nitrogens with one attached hydrogen (secondary N) is 1. The number of pyridine rings is 1. The molecule has 0 aliphatic heterocycles. The lowest BCUT2D eigenvalue weighted by molar-refractivity contribution is 0.312. The van der Waals surface area contributed by atoms with E-state index in [1.54, 1.807) is 12.4 Å². The zero-order valence-electron chi connectivity index (χ0n) is 16.4. The van der Waals surface area contributed by atoms with Gasteiger partial charge in [0.1, 0.15) is 5.82 Å². The number of fused-ring (bicyclic) bond motifs is 1. The van der Waals surface area contributed by atoms with Gasteiger partial charge in [0.2, 0.25) is 0 Å². The van der Waals surface area contributed by atoms with Crippen LogP contribution in [0.5, 0.6) is 0 Å². The number of likely N-dealkylation sites (N-methyl/N-ethyl adjacent to an activating group) is 1. The molecule has 0 saturated carbocycles. The predicted octanol–water partition coefficient (Wildman–Crippen LogP) is 5.06. The monoisotopic (exact) mass is 403 g/mol. The van der Waals surface area contributed by atoms with Gasteiger partial charge >= 0.3 is 0 Å². The number of halogens is 1. The van der Waals surface area contributed by atoms with E-state index in [0.717, 1.165) is 32.9 Å². The van der Waals surface area contributed by atoms with Gasteiger partial charge in [0, 0.05) is 34.9 Å². The minimum Gasteiger partial charge on any atom is -0.368 e. The van der Waals surface area contributed by atoms with Crippen molar-refractivity contribution in [3.8, 4) is 11.4 Å². The molecule has 0 fully saturated rings. The van der Waals surface area contributed by atoms with Crippen molar-refractivity contribution in [2.24, 2.45) is 0 Å². The summed E-state index contributed by atoms with van der Waals surface area (Å²) >= 11 is 6.46. The summed E-state index contributed by atoms with van der Waals surface area (Å²) in [6.07, 6.45) is 3.52. The maximum Gasteiger partial charge on any atom is 0.163 e. The molecule has 146 valence electrons. The Morgan fingerprint density at radius 1 is 0.966 bits per heavy atom. The number of anilines is 1. The van der Waals surface area contributed by atoms with E-state index in [1.807, 2.05) is 54.6 Å². The van der Waals surface area contributed by atoms with Crippen LogP contribution in [0.2, 0.25) is 5.02 Å². The molecule has 1 atom stereocenters. The van der Waals surface area contributed by atoms with E-state index >= 15 is 0 Å². The van der Waals surface area contributed by atoms with Gasteiger partial charge in [-0.2, -0.15) is 0 Å². The van der Waals surface area contributed by atoms with Crippen molar-refractivity contribution in [3.05, 3.63) is 83.6 Å². The molecule has 29 heavy (non-hydrogen) atoms. The lowest BCUT2D eigenvalue weighted by Crippen LogP contribution is -2.27. The molecule has 0 amide bonds. The second kappa shape index (κ2) is 8.55. The molecular weight excluding hydrogens is 382 g/mol. The molecule has 1 N–H and O–H groups in total. The molecule has 2 heterocycles. The van der Waals surface area contributed by atoms with Crippen LogP contribution in [0, 0.1) is 0 Å². The van der Waals surface area contributed by atoms with Crippen molar-refractivity contribution in [1.29, 1.82) is 0 Å². The Labute approximate surface area is 175 Å². The topological polar surface area (TPSA) is 53.9 Å². The SMILES string of the molecule is CN(C)[C@H](CNc1nc(-c2cccnc2)nc2ccccc12)c1ccccc1Cl. The fourth-order valence-electron chi connectivity index (χ4n) is 3.34. The summed E-state index contributed by atoms with van der Waals surface area (Å²) in [6, 6.07) is 19.9. The van der Waals surface area contributed by atoms with E-state index in [-0.39, 0.29) is 6.04 Å². The molecular formula is C23H22ClN5. The molecule has 0 saturated heterocycles. The highest BCUT2D eigenvalue weighted by atomic mass is 35.5. The van der Waals surface area contributed by atoms with E-state index in [9.17, 15) is 0 Å². The average molecular weight is 404 g/mol. The molecule has 0 radical (unpaired) electrons. The molecule has 0 aliphatic rings. The maximum atomic E-state index is 6.46. The second-order valence-electron chi connectivity index (χ2n) is 7.04. The van der Waals surface area contributed by atoms with E-state index in [2.05, 4.69) is 35.4 Å². The summed E-state index contributed by atoms with van der Waals surface area (Å²) < 4.78 is 0. The van der Waals surface area contributed by atoms with Crippen molar-refractivity contribution >= 4 is 28.3 Å². The zero-order valence-corrected chi connectivity index (χ0v) is 17.1. The first kappa shape index (κ1) is 19.3. The lowest BCUT2D eigenvalue weighted by atomic mass is 10.1. The van der Waals surface area contributed by atoms with Gasteiger partial charge in [0.15, 0.2) is 5.82 Å². The van der Waals surface area contributed by atoms with Crippen molar-refractivity contribution in [3.63, 3.8) is 0 Å². The Morgan fingerprint density at radius 2 is 1.76 bits per heavy atom. The Morgan fingerprint density at radius 3 is 2.52 bits per heavy atom. The molecule has 5 nitrogen and oxygen atoms in total. The van der Waals surface area contributed by atoms with Gasteiger partial charge < -0.3 is 10.2 Å². The van der Waals surface area contributed by atoms with Crippen LogP contribution in [0.4, 0.5) is 5.82 Å². The molecule has 0 bridgehead atoms. The number of para-hydroxylation sites is 1. The molecule has 0 unspecified atom stereocenters. The molecule has 2 aromatic heterocycles. The first-order valence-electron chi connectivity index (χ1n) is 9.45. The Hall–Kier alpha value is -3.02. The third-order valence-corrected chi connectivity index (χ3v) is 5.22. The number of nitrogens with zero attached hydrogens (tertiary/aromatic N) is 4. The van der Waals surface area contributed by atoms with Crippen LogP contribution in [0.15, 0.2) is 73.1 Å². The van der Waals surface area contributed by atoms with E-state index in [0.29, 0.717) is 12.4 Å². The van der Waals surface area contributed by atoms with Crippen molar-refractivity contribution in [2.75, 3.05) is 26.0 Å². The highest BCUT2D eigenvalue weighted by Crippen LogP contribution is 2.28. The quantitative estimate of drug-likeness (QED) is 0.487. The third kappa shape index (κ3) is 4.21. The van der Waals surface area contributed by atoms with Gasteiger partial charge in [-0.3, -0.25) is 4.98 Å². The second-order valence-corrected chi connectivity index (χ2v) is 7.44. The summed E-state index contributed by atoms with van der Waals surface area (Å²) in [5.41, 5.74) is 2.86. The van der Waals surface area contributed by atoms with Crippen LogP contribution in [0.3, 0.4) is 0 Å². The van der Waals surface area contributed by atoms with Gasteiger partial charge in [0.25, 0.3) is 0 Å². The van der Waals surface area contributed by atoms with Crippen LogP contribution in [-0.4, -0.2) is 40.5 Å². The zero-order chi connectivity index (χ0) is 20.2. The number of benzene rings is 2. The Balaban J connectivity index is 1.70. The van der Waals surface area contributed by atoms with Gasteiger partial charge in [-0.25, -0.2) is 9.97 Å². The largest absolute Gasteiger partial charge is 0.368 e. The number of hydrogen-bond donors (Lipinski definition) is 1. The van der Waals surface area contributed by atoms with Crippen molar-refractivity contribution in [2.45, 2.75) is 6.04 Å². The van der Waals surface area contributed by atoms with E-state index < -0.39 is 0 Å². The van der Waals surface area contributed by atoms with Crippen LogP contribution in [0.1, 0.15) is 11.6 Å². The minimum atomic E-state index is 0.0965. The lowest BCUT2D eigenvalue weighted by Gasteiger charge is -2.26. The van der Waals surface area contributed by atoms with Gasteiger partial charge in [-0.05, 0) is 50.0 Å². The third-order valence-electron chi connectivity index (χ3n) is 4.87. The van der Waals surface area contributed by atoms with Gasteiger partial charge in [-0.1, -0.05) is 41.9 Å². The smallest absolute Gasteiger partial charge is 0.163 e.